The second kappa shape index (κ2) is 7.47. The van der Waals surface area contributed by atoms with Crippen molar-refractivity contribution >= 4 is 0 Å². The number of hydrogen-bond acceptors (Lipinski definition) is 1. The lowest BCUT2D eigenvalue weighted by Crippen LogP contribution is -2.30. The van der Waals surface area contributed by atoms with Crippen LogP contribution in [-0.2, 0) is 6.54 Å². The summed E-state index contributed by atoms with van der Waals surface area (Å²) in [6.07, 6.45) is 3.22. The van der Waals surface area contributed by atoms with Gasteiger partial charge < -0.3 is 5.32 Å². The van der Waals surface area contributed by atoms with Gasteiger partial charge in [-0.15, -0.1) is 0 Å². The lowest BCUT2D eigenvalue weighted by molar-refractivity contribution is 0.381. The molecule has 0 amide bonds. The Balaban J connectivity index is 2.54. The molecule has 102 valence electrons. The Hall–Kier alpha value is -0.960. The predicted octanol–water partition coefficient (Wildman–Crippen LogP) is 4.27. The molecule has 3 heteroatoms. The highest BCUT2D eigenvalue weighted by Gasteiger charge is 2.11. The molecule has 0 aliphatic carbocycles. The van der Waals surface area contributed by atoms with Crippen LogP contribution in [0, 0.1) is 17.6 Å². The average Bonchev–Trinajstić information content (AvgIpc) is 2.37. The van der Waals surface area contributed by atoms with E-state index in [0.717, 1.165) is 25.3 Å². The van der Waals surface area contributed by atoms with E-state index in [4.69, 9.17) is 0 Å². The first-order valence-corrected chi connectivity index (χ1v) is 6.74. The van der Waals surface area contributed by atoms with Crippen LogP contribution < -0.4 is 5.32 Å². The van der Waals surface area contributed by atoms with Crippen molar-refractivity contribution in [3.63, 3.8) is 0 Å². The Morgan fingerprint density at radius 3 is 2.50 bits per heavy atom. The molecule has 1 aromatic rings. The van der Waals surface area contributed by atoms with Crippen molar-refractivity contribution in [2.24, 2.45) is 5.92 Å². The zero-order valence-corrected chi connectivity index (χ0v) is 11.5. The maximum absolute atomic E-state index is 13.4. The van der Waals surface area contributed by atoms with Gasteiger partial charge in [0.05, 0.1) is 0 Å². The molecule has 0 saturated carbocycles. The Bertz CT molecular complexity index is 366. The molecule has 0 radical (unpaired) electrons. The molecule has 2 unspecified atom stereocenters. The minimum Gasteiger partial charge on any atom is -0.310 e. The van der Waals surface area contributed by atoms with Crippen LogP contribution in [0.4, 0.5) is 8.78 Å². The fourth-order valence-electron chi connectivity index (χ4n) is 1.98. The quantitative estimate of drug-likeness (QED) is 0.767. The maximum atomic E-state index is 13.4. The molecule has 0 saturated heterocycles. The van der Waals surface area contributed by atoms with Gasteiger partial charge in [-0.1, -0.05) is 27.2 Å². The van der Waals surface area contributed by atoms with E-state index in [0.29, 0.717) is 24.1 Å². The summed E-state index contributed by atoms with van der Waals surface area (Å²) in [5.41, 5.74) is 0.401. The summed E-state index contributed by atoms with van der Waals surface area (Å²) in [6, 6.07) is 3.96. The molecule has 0 aliphatic rings. The van der Waals surface area contributed by atoms with E-state index in [1.54, 1.807) is 0 Å². The van der Waals surface area contributed by atoms with E-state index in [1.165, 1.54) is 12.1 Å². The minimum absolute atomic E-state index is 0.345. The van der Waals surface area contributed by atoms with Crippen molar-refractivity contribution in [2.45, 2.75) is 52.6 Å². The Kier molecular flexibility index (Phi) is 6.27. The molecule has 1 nitrogen and oxygen atoms in total. The first-order valence-electron chi connectivity index (χ1n) is 6.74. The van der Waals surface area contributed by atoms with Crippen LogP contribution in [0.1, 0.15) is 45.6 Å². The third kappa shape index (κ3) is 4.73. The maximum Gasteiger partial charge on any atom is 0.127 e. The van der Waals surface area contributed by atoms with Crippen molar-refractivity contribution < 1.29 is 8.78 Å². The molecule has 0 bridgehead atoms. The number of halogens is 2. The van der Waals surface area contributed by atoms with E-state index in [-0.39, 0.29) is 11.6 Å². The minimum atomic E-state index is -0.386. The summed E-state index contributed by atoms with van der Waals surface area (Å²) >= 11 is 0. The van der Waals surface area contributed by atoms with Crippen LogP contribution in [0.5, 0.6) is 0 Å². The molecule has 0 aromatic heterocycles. The van der Waals surface area contributed by atoms with Gasteiger partial charge in [0.1, 0.15) is 11.6 Å². The largest absolute Gasteiger partial charge is 0.310 e. The molecule has 1 aromatic carbocycles. The van der Waals surface area contributed by atoms with Crippen LogP contribution in [0.25, 0.3) is 0 Å². The summed E-state index contributed by atoms with van der Waals surface area (Å²) in [7, 11) is 0. The summed E-state index contributed by atoms with van der Waals surface area (Å²) in [5, 5.41) is 3.31. The van der Waals surface area contributed by atoms with Crippen molar-refractivity contribution in [3.05, 3.63) is 35.4 Å². The van der Waals surface area contributed by atoms with E-state index < -0.39 is 0 Å². The van der Waals surface area contributed by atoms with Crippen molar-refractivity contribution in [2.75, 3.05) is 0 Å². The topological polar surface area (TPSA) is 12.0 Å². The van der Waals surface area contributed by atoms with Gasteiger partial charge in [-0.05, 0) is 37.0 Å². The third-order valence-corrected chi connectivity index (χ3v) is 3.47. The van der Waals surface area contributed by atoms with E-state index in [1.807, 2.05) is 0 Å². The van der Waals surface area contributed by atoms with Crippen molar-refractivity contribution in [1.29, 1.82) is 0 Å². The van der Waals surface area contributed by atoms with Gasteiger partial charge in [0.2, 0.25) is 0 Å². The van der Waals surface area contributed by atoms with Crippen LogP contribution in [0.2, 0.25) is 0 Å². The van der Waals surface area contributed by atoms with Gasteiger partial charge in [-0.25, -0.2) is 8.78 Å². The van der Waals surface area contributed by atoms with Gasteiger partial charge in [0, 0.05) is 18.2 Å². The highest BCUT2D eigenvalue weighted by atomic mass is 19.1. The smallest absolute Gasteiger partial charge is 0.127 e. The normalized spacial score (nSPS) is 14.5. The molecule has 18 heavy (non-hydrogen) atoms. The molecular weight excluding hydrogens is 232 g/mol. The fraction of sp³-hybridized carbons (Fsp3) is 0.600. The Labute approximate surface area is 109 Å². The Morgan fingerprint density at radius 1 is 1.17 bits per heavy atom. The summed E-state index contributed by atoms with van der Waals surface area (Å²) < 4.78 is 26.5. The zero-order valence-electron chi connectivity index (χ0n) is 11.5. The first kappa shape index (κ1) is 15.1. The van der Waals surface area contributed by atoms with E-state index >= 15 is 0 Å². The first-order chi connectivity index (χ1) is 8.56. The molecular formula is C15H23F2N. The zero-order chi connectivity index (χ0) is 13.5. The van der Waals surface area contributed by atoms with Crippen molar-refractivity contribution in [1.82, 2.24) is 5.32 Å². The van der Waals surface area contributed by atoms with Gasteiger partial charge >= 0.3 is 0 Å². The monoisotopic (exact) mass is 255 g/mol. The van der Waals surface area contributed by atoms with Crippen LogP contribution in [-0.4, -0.2) is 6.04 Å². The molecule has 1 rings (SSSR count). The van der Waals surface area contributed by atoms with Gasteiger partial charge in [-0.3, -0.25) is 0 Å². The summed E-state index contributed by atoms with van der Waals surface area (Å²) in [4.78, 5) is 0. The van der Waals surface area contributed by atoms with Crippen LogP contribution in [0.15, 0.2) is 18.2 Å². The molecule has 0 heterocycles. The number of nitrogens with one attached hydrogen (secondary N) is 1. The molecule has 0 aliphatic heterocycles. The van der Waals surface area contributed by atoms with E-state index in [9.17, 15) is 8.78 Å². The van der Waals surface area contributed by atoms with Gasteiger partial charge in [-0.2, -0.15) is 0 Å². The lowest BCUT2D eigenvalue weighted by Gasteiger charge is -2.20. The van der Waals surface area contributed by atoms with Gasteiger partial charge in [0.15, 0.2) is 0 Å². The lowest BCUT2D eigenvalue weighted by atomic mass is 9.97. The van der Waals surface area contributed by atoms with Crippen LogP contribution in [0.3, 0.4) is 0 Å². The van der Waals surface area contributed by atoms with E-state index in [2.05, 4.69) is 26.1 Å². The predicted molar refractivity (Wildman–Crippen MR) is 71.3 cm³/mol. The number of hydrogen-bond donors (Lipinski definition) is 1. The summed E-state index contributed by atoms with van der Waals surface area (Å²) in [5.74, 6) is -0.0784. The SMILES string of the molecule is CCC(C)CC(CC)NCc1cc(F)ccc1F. The highest BCUT2D eigenvalue weighted by Crippen LogP contribution is 2.14. The van der Waals surface area contributed by atoms with Crippen molar-refractivity contribution in [3.8, 4) is 0 Å². The Morgan fingerprint density at radius 2 is 1.89 bits per heavy atom. The standard InChI is InChI=1S/C15H23F2N/c1-4-11(3)8-14(5-2)18-10-12-9-13(16)6-7-15(12)17/h6-7,9,11,14,18H,4-5,8,10H2,1-3H3. The van der Waals surface area contributed by atoms with Gasteiger partial charge in [0.25, 0.3) is 0 Å². The average molecular weight is 255 g/mol. The van der Waals surface area contributed by atoms with Crippen LogP contribution >= 0.6 is 0 Å². The second-order valence-electron chi connectivity index (χ2n) is 4.97. The summed E-state index contributed by atoms with van der Waals surface area (Å²) in [6.45, 7) is 6.89. The number of rotatable bonds is 7. The highest BCUT2D eigenvalue weighted by molar-refractivity contribution is 5.18. The second-order valence-corrected chi connectivity index (χ2v) is 4.97. The fourth-order valence-corrected chi connectivity index (χ4v) is 1.98. The number of benzene rings is 1. The molecule has 0 fully saturated rings. The molecule has 0 spiro atoms. The molecule has 1 N–H and O–H groups in total. The molecule has 2 atom stereocenters. The third-order valence-electron chi connectivity index (χ3n) is 3.47.